The minimum absolute atomic E-state index is 0.236. The third-order valence-corrected chi connectivity index (χ3v) is 3.07. The molecule has 21 heavy (non-hydrogen) atoms. The van der Waals surface area contributed by atoms with Gasteiger partial charge in [0.1, 0.15) is 11.1 Å². The maximum atomic E-state index is 11.9. The maximum absolute atomic E-state index is 11.9. The molecule has 0 fully saturated rings. The van der Waals surface area contributed by atoms with Gasteiger partial charge in [0.05, 0.1) is 0 Å². The Morgan fingerprint density at radius 3 is 1.76 bits per heavy atom. The van der Waals surface area contributed by atoms with Crippen molar-refractivity contribution in [2.75, 3.05) is 0 Å². The first kappa shape index (κ1) is 19.2. The second-order valence-electron chi connectivity index (χ2n) is 6.98. The molecule has 0 aliphatic rings. The van der Waals surface area contributed by atoms with Gasteiger partial charge < -0.3 is 20.3 Å². The molecule has 0 aliphatic heterocycles. The van der Waals surface area contributed by atoms with Gasteiger partial charge in [-0.25, -0.2) is 9.59 Å². The summed E-state index contributed by atoms with van der Waals surface area (Å²) in [5, 5.41) is 20.7. The first-order valence-corrected chi connectivity index (χ1v) is 6.67. The number of ether oxygens (including phenoxy) is 1. The Morgan fingerprint density at radius 1 is 1.00 bits per heavy atom. The predicted molar refractivity (Wildman–Crippen MR) is 76.1 cm³/mol. The fourth-order valence-corrected chi connectivity index (χ4v) is 1.88. The second kappa shape index (κ2) is 6.32. The van der Waals surface area contributed by atoms with Crippen molar-refractivity contribution in [3.8, 4) is 0 Å². The van der Waals surface area contributed by atoms with Crippen molar-refractivity contribution in [1.82, 2.24) is 5.32 Å². The van der Waals surface area contributed by atoms with Crippen molar-refractivity contribution >= 4 is 18.0 Å². The monoisotopic (exact) mass is 303 g/mol. The summed E-state index contributed by atoms with van der Waals surface area (Å²) in [6.45, 7) is 9.84. The smallest absolute Gasteiger partial charge is 0.408 e. The number of carboxylic acids is 2. The van der Waals surface area contributed by atoms with Gasteiger partial charge in [-0.3, -0.25) is 4.79 Å². The van der Waals surface area contributed by atoms with E-state index in [-0.39, 0.29) is 12.8 Å². The van der Waals surface area contributed by atoms with E-state index in [9.17, 15) is 19.5 Å². The van der Waals surface area contributed by atoms with Crippen molar-refractivity contribution < 1.29 is 29.3 Å². The Balaban J connectivity index is 5.43. The summed E-state index contributed by atoms with van der Waals surface area (Å²) in [5.74, 6) is -2.42. The van der Waals surface area contributed by atoms with E-state index < -0.39 is 34.6 Å². The maximum Gasteiger partial charge on any atom is 0.408 e. The number of carboxylic acid groups (broad SMARTS) is 2. The number of nitrogens with one attached hydrogen (secondary N) is 1. The molecule has 0 aliphatic carbocycles. The van der Waals surface area contributed by atoms with Gasteiger partial charge in [-0.15, -0.1) is 0 Å². The zero-order valence-electron chi connectivity index (χ0n) is 13.4. The molecule has 1 atom stereocenters. The molecular formula is C14H25NO6. The lowest BCUT2D eigenvalue weighted by Gasteiger charge is -2.41. The summed E-state index contributed by atoms with van der Waals surface area (Å²) in [4.78, 5) is 34.4. The lowest BCUT2D eigenvalue weighted by Crippen LogP contribution is -2.63. The molecule has 0 radical (unpaired) electrons. The molecule has 0 saturated heterocycles. The fourth-order valence-electron chi connectivity index (χ4n) is 1.88. The highest BCUT2D eigenvalue weighted by Crippen LogP contribution is 2.35. The fraction of sp³-hybridized carbons (Fsp3) is 0.786. The highest BCUT2D eigenvalue weighted by Gasteiger charge is 2.50. The molecule has 1 amide bonds. The Kier molecular flexibility index (Phi) is 5.78. The third-order valence-electron chi connectivity index (χ3n) is 3.07. The van der Waals surface area contributed by atoms with E-state index in [0.717, 1.165) is 0 Å². The van der Waals surface area contributed by atoms with Crippen molar-refractivity contribution in [3.63, 3.8) is 0 Å². The van der Waals surface area contributed by atoms with E-state index in [1.807, 2.05) is 0 Å². The summed E-state index contributed by atoms with van der Waals surface area (Å²) >= 11 is 0. The Labute approximate surface area is 124 Å². The Morgan fingerprint density at radius 2 is 1.48 bits per heavy atom. The molecule has 0 unspecified atom stereocenters. The minimum atomic E-state index is -1.73. The van der Waals surface area contributed by atoms with Crippen molar-refractivity contribution in [2.45, 2.75) is 65.5 Å². The lowest BCUT2D eigenvalue weighted by molar-refractivity contribution is -0.151. The summed E-state index contributed by atoms with van der Waals surface area (Å²) in [6, 6.07) is 0. The number of hydrogen-bond acceptors (Lipinski definition) is 4. The molecule has 0 aromatic heterocycles. The standard InChI is InChI=1S/C14H25NO6/c1-12(2,3)14(10(18)19,8-7-9(16)17)15-11(20)21-13(4,5)6/h7-8H2,1-6H3,(H,15,20)(H,16,17)(H,18,19)/t14-/m0/s1. The van der Waals surface area contributed by atoms with Gasteiger partial charge in [0, 0.05) is 6.42 Å². The minimum Gasteiger partial charge on any atom is -0.481 e. The van der Waals surface area contributed by atoms with Crippen molar-refractivity contribution in [2.24, 2.45) is 5.41 Å². The van der Waals surface area contributed by atoms with Crippen LogP contribution in [0.4, 0.5) is 4.79 Å². The zero-order valence-corrected chi connectivity index (χ0v) is 13.4. The Hall–Kier alpha value is -1.79. The molecule has 0 spiro atoms. The van der Waals surface area contributed by atoms with E-state index in [2.05, 4.69) is 5.32 Å². The summed E-state index contributed by atoms with van der Waals surface area (Å²) in [5.41, 5.74) is -3.40. The molecule has 3 N–H and O–H groups in total. The largest absolute Gasteiger partial charge is 0.481 e. The number of carbonyl (C=O) groups is 3. The van der Waals surface area contributed by atoms with Crippen LogP contribution < -0.4 is 5.32 Å². The van der Waals surface area contributed by atoms with E-state index in [1.54, 1.807) is 41.5 Å². The topological polar surface area (TPSA) is 113 Å². The van der Waals surface area contributed by atoms with Gasteiger partial charge in [-0.1, -0.05) is 20.8 Å². The summed E-state index contributed by atoms with van der Waals surface area (Å²) in [6.07, 6.45) is -1.50. The molecule has 0 rings (SSSR count). The van der Waals surface area contributed by atoms with Crippen LogP contribution in [0.15, 0.2) is 0 Å². The van der Waals surface area contributed by atoms with Gasteiger partial charge in [-0.2, -0.15) is 0 Å². The first-order valence-electron chi connectivity index (χ1n) is 6.67. The lowest BCUT2D eigenvalue weighted by atomic mass is 9.71. The Bertz CT molecular complexity index is 418. The SMILES string of the molecule is CC(C)(C)OC(=O)N[C@@](CCC(=O)O)(C(=O)O)C(C)(C)C. The highest BCUT2D eigenvalue weighted by molar-refractivity contribution is 5.86. The second-order valence-corrected chi connectivity index (χ2v) is 6.98. The predicted octanol–water partition coefficient (Wildman–Crippen LogP) is 2.25. The molecule has 0 heterocycles. The molecular weight excluding hydrogens is 278 g/mol. The average Bonchev–Trinajstić information content (AvgIpc) is 2.18. The van der Waals surface area contributed by atoms with Crippen LogP contribution in [0.25, 0.3) is 0 Å². The van der Waals surface area contributed by atoms with Crippen LogP contribution in [0.3, 0.4) is 0 Å². The summed E-state index contributed by atoms with van der Waals surface area (Å²) < 4.78 is 5.08. The molecule has 0 bridgehead atoms. The van der Waals surface area contributed by atoms with E-state index >= 15 is 0 Å². The number of aliphatic carboxylic acids is 2. The van der Waals surface area contributed by atoms with Crippen LogP contribution in [0, 0.1) is 5.41 Å². The van der Waals surface area contributed by atoms with Crippen molar-refractivity contribution in [1.29, 1.82) is 0 Å². The first-order chi connectivity index (χ1) is 9.21. The third kappa shape index (κ3) is 5.61. The molecule has 7 nitrogen and oxygen atoms in total. The normalized spacial score (nSPS) is 15.0. The van der Waals surface area contributed by atoms with E-state index in [1.165, 1.54) is 0 Å². The zero-order chi connectivity index (χ0) is 17.1. The van der Waals surface area contributed by atoms with E-state index in [0.29, 0.717) is 0 Å². The van der Waals surface area contributed by atoms with Gasteiger partial charge in [0.2, 0.25) is 0 Å². The van der Waals surface area contributed by atoms with Gasteiger partial charge in [0.25, 0.3) is 0 Å². The van der Waals surface area contributed by atoms with Gasteiger partial charge in [-0.05, 0) is 32.6 Å². The van der Waals surface area contributed by atoms with Crippen LogP contribution in [0.2, 0.25) is 0 Å². The van der Waals surface area contributed by atoms with Crippen molar-refractivity contribution in [3.05, 3.63) is 0 Å². The summed E-state index contributed by atoms with van der Waals surface area (Å²) in [7, 11) is 0. The van der Waals surface area contributed by atoms with Crippen LogP contribution >= 0.6 is 0 Å². The molecule has 0 saturated carbocycles. The quantitative estimate of drug-likeness (QED) is 0.718. The van der Waals surface area contributed by atoms with Gasteiger partial charge >= 0.3 is 18.0 Å². The highest BCUT2D eigenvalue weighted by atomic mass is 16.6. The molecule has 0 aromatic rings. The molecule has 7 heteroatoms. The number of amides is 1. The van der Waals surface area contributed by atoms with Crippen LogP contribution in [0.5, 0.6) is 0 Å². The number of alkyl carbamates (subject to hydrolysis) is 1. The van der Waals surface area contributed by atoms with Crippen LogP contribution in [-0.2, 0) is 14.3 Å². The van der Waals surface area contributed by atoms with E-state index in [4.69, 9.17) is 9.84 Å². The number of hydrogen-bond donors (Lipinski definition) is 3. The average molecular weight is 303 g/mol. The number of carbonyl (C=O) groups excluding carboxylic acids is 1. The molecule has 122 valence electrons. The molecule has 0 aromatic carbocycles. The van der Waals surface area contributed by atoms with Gasteiger partial charge in [0.15, 0.2) is 0 Å². The van der Waals surface area contributed by atoms with Crippen LogP contribution in [0.1, 0.15) is 54.4 Å². The van der Waals surface area contributed by atoms with Crippen LogP contribution in [-0.4, -0.2) is 39.4 Å². The number of rotatable bonds is 5.